The molecule has 1 unspecified atom stereocenters. The zero-order chi connectivity index (χ0) is 29.4. The minimum absolute atomic E-state index is 0.0895. The van der Waals surface area contributed by atoms with Crippen LogP contribution in [0.25, 0.3) is 11.1 Å². The molecule has 0 heterocycles. The molecule has 40 heavy (non-hydrogen) atoms. The Labute approximate surface area is 233 Å². The van der Waals surface area contributed by atoms with Gasteiger partial charge in [-0.1, -0.05) is 61.9 Å². The highest BCUT2D eigenvalue weighted by Gasteiger charge is 2.27. The molecule has 0 saturated heterocycles. The summed E-state index contributed by atoms with van der Waals surface area (Å²) in [5, 5.41) is 14.2. The molecule has 210 valence electrons. The Morgan fingerprint density at radius 2 is 1.57 bits per heavy atom. The summed E-state index contributed by atoms with van der Waals surface area (Å²) in [5.74, 6) is -2.13. The van der Waals surface area contributed by atoms with Crippen molar-refractivity contribution < 1.29 is 28.8 Å². The zero-order valence-corrected chi connectivity index (χ0v) is 23.4. The largest absolute Gasteiger partial charge is 0.465 e. The van der Waals surface area contributed by atoms with E-state index in [1.165, 1.54) is 25.3 Å². The number of hydrogen-bond acceptors (Lipinski definition) is 7. The highest BCUT2D eigenvalue weighted by Crippen LogP contribution is 2.31. The Kier molecular flexibility index (Phi) is 9.77. The van der Waals surface area contributed by atoms with Gasteiger partial charge < -0.3 is 14.8 Å². The van der Waals surface area contributed by atoms with Crippen LogP contribution in [0.1, 0.15) is 66.8 Å². The lowest BCUT2D eigenvalue weighted by molar-refractivity contribution is -0.384. The Balaban J connectivity index is 1.85. The predicted molar refractivity (Wildman–Crippen MR) is 152 cm³/mol. The molecule has 0 aliphatic heterocycles. The number of esters is 2. The van der Waals surface area contributed by atoms with E-state index in [-0.39, 0.29) is 16.9 Å². The molecule has 0 aliphatic carbocycles. The minimum atomic E-state index is -0.784. The van der Waals surface area contributed by atoms with Gasteiger partial charge in [0.15, 0.2) is 0 Å². The number of para-hydroxylation sites is 1. The lowest BCUT2D eigenvalue weighted by Crippen LogP contribution is -2.26. The number of anilines is 1. The predicted octanol–water partition coefficient (Wildman–Crippen LogP) is 6.60. The highest BCUT2D eigenvalue weighted by atomic mass is 16.6. The maximum atomic E-state index is 13.3. The van der Waals surface area contributed by atoms with E-state index < -0.39 is 34.3 Å². The molecule has 0 aromatic heterocycles. The summed E-state index contributed by atoms with van der Waals surface area (Å²) in [4.78, 5) is 49.3. The van der Waals surface area contributed by atoms with Crippen LogP contribution < -0.4 is 5.32 Å². The van der Waals surface area contributed by atoms with E-state index in [4.69, 9.17) is 9.47 Å². The maximum absolute atomic E-state index is 13.3. The highest BCUT2D eigenvalue weighted by molar-refractivity contribution is 6.04. The first kappa shape index (κ1) is 30.0. The van der Waals surface area contributed by atoms with Crippen molar-refractivity contribution >= 4 is 29.2 Å². The average Bonchev–Trinajstić information content (AvgIpc) is 2.91. The van der Waals surface area contributed by atoms with E-state index in [0.717, 1.165) is 16.7 Å². The molecule has 0 spiro atoms. The number of methoxy groups -OCH3 is 1. The van der Waals surface area contributed by atoms with Crippen molar-refractivity contribution in [3.05, 3.63) is 93.5 Å². The molecule has 0 radical (unpaired) electrons. The van der Waals surface area contributed by atoms with Crippen LogP contribution >= 0.6 is 0 Å². The van der Waals surface area contributed by atoms with Gasteiger partial charge in [0.1, 0.15) is 11.3 Å². The van der Waals surface area contributed by atoms with Crippen molar-refractivity contribution in [2.45, 2.75) is 52.6 Å². The third kappa shape index (κ3) is 7.53. The van der Waals surface area contributed by atoms with Gasteiger partial charge >= 0.3 is 11.9 Å². The molecule has 9 nitrogen and oxygen atoms in total. The van der Waals surface area contributed by atoms with Crippen LogP contribution in [-0.2, 0) is 20.7 Å². The van der Waals surface area contributed by atoms with Crippen LogP contribution in [0, 0.1) is 16.0 Å². The molecule has 0 aliphatic rings. The number of carbonyl (C=O) groups excluding carboxylic acids is 3. The molecular weight excluding hydrogens is 512 g/mol. The van der Waals surface area contributed by atoms with Gasteiger partial charge in [-0.3, -0.25) is 14.9 Å². The number of nitrogens with zero attached hydrogens (tertiary/aromatic N) is 1. The van der Waals surface area contributed by atoms with E-state index >= 15 is 0 Å². The summed E-state index contributed by atoms with van der Waals surface area (Å²) >= 11 is 0. The second kappa shape index (κ2) is 13.0. The Morgan fingerprint density at radius 3 is 2.17 bits per heavy atom. The first-order valence-corrected chi connectivity index (χ1v) is 13.0. The van der Waals surface area contributed by atoms with Gasteiger partial charge in [0, 0.05) is 12.0 Å². The normalized spacial score (nSPS) is 11.8. The van der Waals surface area contributed by atoms with Crippen LogP contribution in [0.3, 0.4) is 0 Å². The van der Waals surface area contributed by atoms with E-state index in [1.54, 1.807) is 12.1 Å². The summed E-state index contributed by atoms with van der Waals surface area (Å²) in [6.45, 7) is 7.40. The van der Waals surface area contributed by atoms with Gasteiger partial charge in [0.25, 0.3) is 5.69 Å². The van der Waals surface area contributed by atoms with Crippen molar-refractivity contribution in [3.63, 3.8) is 0 Å². The number of nitro groups is 1. The summed E-state index contributed by atoms with van der Waals surface area (Å²) in [7, 11) is 1.17. The first-order chi connectivity index (χ1) is 18.9. The number of carbonyl (C=O) groups is 3. The zero-order valence-electron chi connectivity index (χ0n) is 23.4. The topological polar surface area (TPSA) is 125 Å². The van der Waals surface area contributed by atoms with E-state index in [0.29, 0.717) is 24.8 Å². The summed E-state index contributed by atoms with van der Waals surface area (Å²) in [6, 6.07) is 18.7. The Morgan fingerprint density at radius 1 is 0.925 bits per heavy atom. The third-order valence-electron chi connectivity index (χ3n) is 6.19. The van der Waals surface area contributed by atoms with Gasteiger partial charge in [0.05, 0.1) is 23.2 Å². The van der Waals surface area contributed by atoms with Gasteiger partial charge in [-0.05, 0) is 62.4 Å². The molecule has 0 bridgehead atoms. The molecule has 3 aromatic carbocycles. The SMILES string of the molecule is CCCC(Cc1ccc(-c2ccccc2C(=O)OC(C)(C)C)cc1)C(=O)Nc1c(C(=O)OC)cccc1[N+](=O)[O-]. The Bertz CT molecular complexity index is 1390. The lowest BCUT2D eigenvalue weighted by atomic mass is 9.92. The lowest BCUT2D eigenvalue weighted by Gasteiger charge is -2.20. The third-order valence-corrected chi connectivity index (χ3v) is 6.19. The summed E-state index contributed by atoms with van der Waals surface area (Å²) in [6.07, 6.45) is 1.62. The quantitative estimate of drug-likeness (QED) is 0.172. The number of nitro benzene ring substituents is 1. The fraction of sp³-hybridized carbons (Fsp3) is 0.323. The number of benzene rings is 3. The van der Waals surface area contributed by atoms with Gasteiger partial charge in [-0.25, -0.2) is 9.59 Å². The summed E-state index contributed by atoms with van der Waals surface area (Å²) in [5.41, 5.74) is 1.61. The van der Waals surface area contributed by atoms with Crippen molar-refractivity contribution in [2.24, 2.45) is 5.92 Å². The van der Waals surface area contributed by atoms with Gasteiger partial charge in [-0.15, -0.1) is 0 Å². The molecular formula is C31H34N2O7. The summed E-state index contributed by atoms with van der Waals surface area (Å²) < 4.78 is 10.3. The number of ether oxygens (including phenoxy) is 2. The van der Waals surface area contributed by atoms with Gasteiger partial charge in [-0.2, -0.15) is 0 Å². The van der Waals surface area contributed by atoms with Crippen molar-refractivity contribution in [2.75, 3.05) is 12.4 Å². The number of rotatable bonds is 10. The van der Waals surface area contributed by atoms with E-state index in [1.807, 2.05) is 64.1 Å². The number of amides is 1. The van der Waals surface area contributed by atoms with Gasteiger partial charge in [0.2, 0.25) is 5.91 Å². The van der Waals surface area contributed by atoms with Crippen molar-refractivity contribution in [1.29, 1.82) is 0 Å². The standard InChI is InChI=1S/C31H34N2O7/c1-6-10-22(28(34)32-27-25(29(35)39-5)13-9-14-26(27)33(37)38)19-20-15-17-21(18-16-20)23-11-7-8-12-24(23)30(36)40-31(2,3)4/h7-9,11-18,22H,6,10,19H2,1-5H3,(H,32,34). The maximum Gasteiger partial charge on any atom is 0.340 e. The molecule has 3 rings (SSSR count). The Hall–Kier alpha value is -4.53. The first-order valence-electron chi connectivity index (χ1n) is 13.0. The second-order valence-corrected chi connectivity index (χ2v) is 10.4. The second-order valence-electron chi connectivity index (χ2n) is 10.4. The molecule has 1 N–H and O–H groups in total. The van der Waals surface area contributed by atoms with Crippen LogP contribution in [0.2, 0.25) is 0 Å². The van der Waals surface area contributed by atoms with E-state index in [2.05, 4.69) is 5.32 Å². The van der Waals surface area contributed by atoms with E-state index in [9.17, 15) is 24.5 Å². The molecule has 3 aromatic rings. The average molecular weight is 547 g/mol. The number of nitrogens with one attached hydrogen (secondary N) is 1. The molecule has 0 fully saturated rings. The molecule has 1 amide bonds. The fourth-order valence-electron chi connectivity index (χ4n) is 4.35. The smallest absolute Gasteiger partial charge is 0.340 e. The molecule has 9 heteroatoms. The van der Waals surface area contributed by atoms with Crippen LogP contribution in [0.15, 0.2) is 66.7 Å². The van der Waals surface area contributed by atoms with Crippen LogP contribution in [-0.4, -0.2) is 35.5 Å². The molecule has 0 saturated carbocycles. The van der Waals surface area contributed by atoms with Crippen LogP contribution in [0.4, 0.5) is 11.4 Å². The van der Waals surface area contributed by atoms with Crippen molar-refractivity contribution in [3.8, 4) is 11.1 Å². The van der Waals surface area contributed by atoms with Crippen LogP contribution in [0.5, 0.6) is 0 Å². The molecule has 1 atom stereocenters. The minimum Gasteiger partial charge on any atom is -0.465 e. The number of hydrogen-bond donors (Lipinski definition) is 1. The van der Waals surface area contributed by atoms with Crippen molar-refractivity contribution in [1.82, 2.24) is 0 Å². The fourth-order valence-corrected chi connectivity index (χ4v) is 4.35. The monoisotopic (exact) mass is 546 g/mol.